The van der Waals surface area contributed by atoms with Gasteiger partial charge in [0.05, 0.1) is 23.0 Å². The van der Waals surface area contributed by atoms with E-state index in [1.54, 1.807) is 43.5 Å². The van der Waals surface area contributed by atoms with Crippen LogP contribution in [0.25, 0.3) is 10.9 Å². The number of fused-ring (bicyclic) bond motifs is 1. The molecule has 0 spiro atoms. The first-order valence-corrected chi connectivity index (χ1v) is 9.64. The van der Waals surface area contributed by atoms with Crippen LogP contribution in [0.15, 0.2) is 41.2 Å². The summed E-state index contributed by atoms with van der Waals surface area (Å²) in [6, 6.07) is 9.78. The summed E-state index contributed by atoms with van der Waals surface area (Å²) in [5.74, 6) is 0.182. The number of aromatic nitrogens is 2. The third-order valence-electron chi connectivity index (χ3n) is 4.38. The highest BCUT2D eigenvalue weighted by Crippen LogP contribution is 2.27. The van der Waals surface area contributed by atoms with Crippen molar-refractivity contribution in [3.63, 3.8) is 0 Å². The van der Waals surface area contributed by atoms with Crippen LogP contribution >= 0.6 is 23.8 Å². The molecule has 0 atom stereocenters. The van der Waals surface area contributed by atoms with E-state index in [1.165, 1.54) is 11.7 Å². The maximum Gasteiger partial charge on any atom is 0.262 e. The van der Waals surface area contributed by atoms with Gasteiger partial charge in [0.1, 0.15) is 5.75 Å². The van der Waals surface area contributed by atoms with E-state index in [-0.39, 0.29) is 11.5 Å². The zero-order valence-electron chi connectivity index (χ0n) is 16.0. The Hall–Kier alpha value is -2.68. The average molecular weight is 434 g/mol. The molecule has 0 saturated carbocycles. The first-order valence-electron chi connectivity index (χ1n) is 8.85. The number of carbonyl (C=O) groups excluding carboxylic acids is 1. The first kappa shape index (κ1) is 21.0. The van der Waals surface area contributed by atoms with Gasteiger partial charge in [0.25, 0.3) is 11.5 Å². The molecule has 0 bridgehead atoms. The Labute approximate surface area is 177 Å². The molecule has 0 fully saturated rings. The Bertz CT molecular complexity index is 1170. The highest BCUT2D eigenvalue weighted by atomic mass is 35.5. The largest absolute Gasteiger partial charge is 0.495 e. The molecule has 0 radical (unpaired) electrons. The summed E-state index contributed by atoms with van der Waals surface area (Å²) in [5, 5.41) is 3.62. The van der Waals surface area contributed by atoms with Crippen molar-refractivity contribution in [2.45, 2.75) is 13.0 Å². The van der Waals surface area contributed by atoms with Crippen LogP contribution < -0.4 is 15.6 Å². The number of hydrogen-bond acceptors (Lipinski definition) is 5. The highest BCUT2D eigenvalue weighted by molar-refractivity contribution is 7.71. The van der Waals surface area contributed by atoms with Crippen molar-refractivity contribution in [1.29, 1.82) is 0 Å². The highest BCUT2D eigenvalue weighted by Gasteiger charge is 2.12. The number of anilines is 1. The Morgan fingerprint density at radius 3 is 2.72 bits per heavy atom. The van der Waals surface area contributed by atoms with Crippen molar-refractivity contribution in [2.75, 3.05) is 26.1 Å². The molecule has 0 unspecified atom stereocenters. The summed E-state index contributed by atoms with van der Waals surface area (Å²) >= 11 is 11.4. The Morgan fingerprint density at radius 2 is 2.03 bits per heavy atom. The van der Waals surface area contributed by atoms with Crippen LogP contribution in [0.4, 0.5) is 5.69 Å². The number of carbonyl (C=O) groups is 1. The van der Waals surface area contributed by atoms with Gasteiger partial charge in [-0.15, -0.1) is 0 Å². The first-order chi connectivity index (χ1) is 13.9. The second kappa shape index (κ2) is 9.21. The lowest BCUT2D eigenvalue weighted by Gasteiger charge is -2.10. The van der Waals surface area contributed by atoms with Gasteiger partial charge in [-0.25, -0.2) is 0 Å². The molecule has 7 nitrogen and oxygen atoms in total. The number of methoxy groups -OCH3 is 2. The van der Waals surface area contributed by atoms with Gasteiger partial charge < -0.3 is 19.8 Å². The van der Waals surface area contributed by atoms with Crippen LogP contribution in [0.2, 0.25) is 5.02 Å². The normalized spacial score (nSPS) is 10.9. The lowest BCUT2D eigenvalue weighted by molar-refractivity contribution is 0.102. The van der Waals surface area contributed by atoms with Gasteiger partial charge in [-0.05, 0) is 55.0 Å². The third kappa shape index (κ3) is 4.67. The molecule has 0 aliphatic heterocycles. The van der Waals surface area contributed by atoms with Crippen LogP contribution in [0.3, 0.4) is 0 Å². The predicted octanol–water partition coefficient (Wildman–Crippen LogP) is 4.01. The maximum atomic E-state index is 12.7. The lowest BCUT2D eigenvalue weighted by atomic mass is 10.1. The van der Waals surface area contributed by atoms with Gasteiger partial charge in [-0.1, -0.05) is 11.6 Å². The lowest BCUT2D eigenvalue weighted by Crippen LogP contribution is -2.23. The molecule has 9 heteroatoms. The summed E-state index contributed by atoms with van der Waals surface area (Å²) in [5.41, 5.74) is 1.21. The van der Waals surface area contributed by atoms with E-state index < -0.39 is 0 Å². The zero-order chi connectivity index (χ0) is 21.0. The molecule has 0 saturated heterocycles. The fraction of sp³-hybridized carbons (Fsp3) is 0.250. The van der Waals surface area contributed by atoms with E-state index in [1.807, 2.05) is 0 Å². The summed E-state index contributed by atoms with van der Waals surface area (Å²) in [6.45, 7) is 0.992. The zero-order valence-corrected chi connectivity index (χ0v) is 17.5. The third-order valence-corrected chi connectivity index (χ3v) is 5.00. The molecule has 1 aromatic heterocycles. The average Bonchev–Trinajstić information content (AvgIpc) is 2.70. The van der Waals surface area contributed by atoms with Gasteiger partial charge in [0.15, 0.2) is 4.77 Å². The molecule has 3 rings (SSSR count). The molecule has 0 aliphatic carbocycles. The Kier molecular flexibility index (Phi) is 6.68. The van der Waals surface area contributed by atoms with Crippen LogP contribution in [0, 0.1) is 4.77 Å². The van der Waals surface area contributed by atoms with Crippen molar-refractivity contribution in [3.05, 3.63) is 62.1 Å². The van der Waals surface area contributed by atoms with Crippen molar-refractivity contribution in [1.82, 2.24) is 9.55 Å². The number of H-pyrrole nitrogens is 1. The Balaban J connectivity index is 1.88. The summed E-state index contributed by atoms with van der Waals surface area (Å²) in [4.78, 5) is 28.4. The van der Waals surface area contributed by atoms with Crippen molar-refractivity contribution in [2.24, 2.45) is 0 Å². The Morgan fingerprint density at radius 1 is 1.24 bits per heavy atom. The van der Waals surface area contributed by atoms with Crippen LogP contribution in [-0.4, -0.2) is 36.3 Å². The van der Waals surface area contributed by atoms with E-state index in [0.29, 0.717) is 57.3 Å². The second-order valence-electron chi connectivity index (χ2n) is 6.30. The van der Waals surface area contributed by atoms with Crippen LogP contribution in [-0.2, 0) is 11.3 Å². The molecule has 1 heterocycles. The number of rotatable bonds is 7. The minimum Gasteiger partial charge on any atom is -0.495 e. The standard InChI is InChI=1S/C20H20ClN3O4S/c1-27-9-3-8-24-19(26)14-6-4-12(10-16(14)23-20(24)29)18(25)22-13-5-7-17(28-2)15(21)11-13/h4-7,10-11H,3,8-9H2,1-2H3,(H,22,25)(H,23,29). The monoisotopic (exact) mass is 433 g/mol. The SMILES string of the molecule is COCCCn1c(=S)[nH]c2cc(C(=O)Nc3ccc(OC)c(Cl)c3)ccc2c1=O. The minimum atomic E-state index is -0.336. The number of amides is 1. The fourth-order valence-corrected chi connectivity index (χ4v) is 3.46. The number of nitrogens with one attached hydrogen (secondary N) is 2. The number of benzene rings is 2. The topological polar surface area (TPSA) is 85.3 Å². The number of nitrogens with zero attached hydrogens (tertiary/aromatic N) is 1. The van der Waals surface area contributed by atoms with Gasteiger partial charge in [0, 0.05) is 31.5 Å². The van der Waals surface area contributed by atoms with Gasteiger partial charge in [0.2, 0.25) is 0 Å². The van der Waals surface area contributed by atoms with E-state index in [2.05, 4.69) is 10.3 Å². The molecule has 3 aromatic rings. The van der Waals surface area contributed by atoms with Crippen LogP contribution in [0.5, 0.6) is 5.75 Å². The molecule has 29 heavy (non-hydrogen) atoms. The van der Waals surface area contributed by atoms with Crippen molar-refractivity contribution >= 4 is 46.3 Å². The number of ether oxygens (including phenoxy) is 2. The minimum absolute atomic E-state index is 0.200. The molecular formula is C20H20ClN3O4S. The molecule has 2 aromatic carbocycles. The van der Waals surface area contributed by atoms with Gasteiger partial charge in [-0.2, -0.15) is 0 Å². The smallest absolute Gasteiger partial charge is 0.262 e. The second-order valence-corrected chi connectivity index (χ2v) is 7.09. The molecule has 0 aliphatic rings. The van der Waals surface area contributed by atoms with Crippen molar-refractivity contribution in [3.8, 4) is 5.75 Å². The molecule has 2 N–H and O–H groups in total. The summed E-state index contributed by atoms with van der Waals surface area (Å²) < 4.78 is 11.9. The number of aromatic amines is 1. The fourth-order valence-electron chi connectivity index (χ4n) is 2.91. The quantitative estimate of drug-likeness (QED) is 0.434. The number of halogens is 1. The van der Waals surface area contributed by atoms with Gasteiger partial charge >= 0.3 is 0 Å². The van der Waals surface area contributed by atoms with E-state index in [0.717, 1.165) is 0 Å². The predicted molar refractivity (Wildman–Crippen MR) is 116 cm³/mol. The number of hydrogen-bond donors (Lipinski definition) is 2. The molecular weight excluding hydrogens is 414 g/mol. The maximum absolute atomic E-state index is 12.7. The molecule has 152 valence electrons. The summed E-state index contributed by atoms with van der Waals surface area (Å²) in [6.07, 6.45) is 0.671. The van der Waals surface area contributed by atoms with E-state index in [9.17, 15) is 9.59 Å². The van der Waals surface area contributed by atoms with Crippen LogP contribution in [0.1, 0.15) is 16.8 Å². The summed E-state index contributed by atoms with van der Waals surface area (Å²) in [7, 11) is 3.13. The van der Waals surface area contributed by atoms with E-state index >= 15 is 0 Å². The van der Waals surface area contributed by atoms with Crippen molar-refractivity contribution < 1.29 is 14.3 Å². The molecule has 1 amide bonds. The van der Waals surface area contributed by atoms with E-state index in [4.69, 9.17) is 33.3 Å². The van der Waals surface area contributed by atoms with Gasteiger partial charge in [-0.3, -0.25) is 14.2 Å².